The standard InChI is InChI=1S/C32H28N2O4S2/c1-40(37,38)22-20-26-19-21-34(29-13-7-8-14-30(29)39-26)32(36)24-15-17-25(18-16-24)33-31(35)28-12-6-5-11-27(28)23-9-3-2-4-10-23/h2-19,21,26H,20,22H2,1H3,(H,33,35). The second-order valence-corrected chi connectivity index (χ2v) is 13.0. The maximum Gasteiger partial charge on any atom is 0.262 e. The molecular weight excluding hydrogens is 540 g/mol. The number of hydrogen-bond acceptors (Lipinski definition) is 5. The van der Waals surface area contributed by atoms with Crippen molar-refractivity contribution in [2.45, 2.75) is 16.6 Å². The molecule has 4 aromatic rings. The number of anilines is 2. The number of sulfone groups is 1. The molecule has 5 rings (SSSR count). The average Bonchev–Trinajstić information content (AvgIpc) is 3.16. The summed E-state index contributed by atoms with van der Waals surface area (Å²) in [4.78, 5) is 29.2. The molecule has 0 saturated heterocycles. The SMILES string of the molecule is CS(=O)(=O)CCC1C=CN(C(=O)c2ccc(NC(=O)c3ccccc3-c3ccccc3)cc2)c2ccccc2S1. The largest absolute Gasteiger partial charge is 0.322 e. The lowest BCUT2D eigenvalue weighted by atomic mass is 9.99. The molecule has 202 valence electrons. The topological polar surface area (TPSA) is 83.6 Å². The minimum Gasteiger partial charge on any atom is -0.322 e. The van der Waals surface area contributed by atoms with Crippen molar-refractivity contribution in [1.29, 1.82) is 0 Å². The molecule has 1 atom stereocenters. The van der Waals surface area contributed by atoms with Gasteiger partial charge in [-0.25, -0.2) is 8.42 Å². The smallest absolute Gasteiger partial charge is 0.262 e. The minimum absolute atomic E-state index is 0.0775. The number of thioether (sulfide) groups is 1. The highest BCUT2D eigenvalue weighted by atomic mass is 32.2. The molecule has 1 aliphatic heterocycles. The minimum atomic E-state index is -3.09. The van der Waals surface area contributed by atoms with Crippen molar-refractivity contribution in [2.24, 2.45) is 0 Å². The Morgan fingerprint density at radius 2 is 1.52 bits per heavy atom. The molecule has 1 unspecified atom stereocenters. The zero-order valence-corrected chi connectivity index (χ0v) is 23.5. The van der Waals surface area contributed by atoms with Gasteiger partial charge in [-0.1, -0.05) is 66.7 Å². The monoisotopic (exact) mass is 568 g/mol. The van der Waals surface area contributed by atoms with E-state index in [1.165, 1.54) is 6.26 Å². The number of fused-ring (bicyclic) bond motifs is 1. The molecule has 1 N–H and O–H groups in total. The Kier molecular flexibility index (Phi) is 8.19. The third kappa shape index (κ3) is 6.52. The zero-order valence-electron chi connectivity index (χ0n) is 21.9. The van der Waals surface area contributed by atoms with E-state index in [1.807, 2.05) is 78.9 Å². The van der Waals surface area contributed by atoms with Gasteiger partial charge in [0.1, 0.15) is 9.84 Å². The van der Waals surface area contributed by atoms with Crippen molar-refractivity contribution in [2.75, 3.05) is 22.2 Å². The van der Waals surface area contributed by atoms with Crippen LogP contribution in [0.4, 0.5) is 11.4 Å². The van der Waals surface area contributed by atoms with E-state index in [2.05, 4.69) is 5.32 Å². The molecule has 4 aromatic carbocycles. The molecule has 0 aromatic heterocycles. The molecule has 0 radical (unpaired) electrons. The van der Waals surface area contributed by atoms with Crippen LogP contribution < -0.4 is 10.2 Å². The number of carbonyl (C=O) groups excluding carboxylic acids is 2. The lowest BCUT2D eigenvalue weighted by molar-refractivity contribution is 0.0995. The second-order valence-electron chi connectivity index (χ2n) is 9.50. The van der Waals surface area contributed by atoms with E-state index >= 15 is 0 Å². The maximum atomic E-state index is 13.6. The van der Waals surface area contributed by atoms with E-state index in [-0.39, 0.29) is 22.8 Å². The molecule has 8 heteroatoms. The summed E-state index contributed by atoms with van der Waals surface area (Å²) in [6.45, 7) is 0. The van der Waals surface area contributed by atoms with E-state index < -0.39 is 9.84 Å². The number of benzene rings is 4. The summed E-state index contributed by atoms with van der Waals surface area (Å²) in [5.41, 5.74) is 4.13. The Labute approximate surface area is 238 Å². The summed E-state index contributed by atoms with van der Waals surface area (Å²) < 4.78 is 23.4. The summed E-state index contributed by atoms with van der Waals surface area (Å²) in [6, 6.07) is 31.6. The Morgan fingerprint density at radius 3 is 2.27 bits per heavy atom. The Morgan fingerprint density at radius 1 is 0.850 bits per heavy atom. The summed E-state index contributed by atoms with van der Waals surface area (Å²) in [6.07, 6.45) is 5.30. The fourth-order valence-electron chi connectivity index (χ4n) is 4.47. The molecule has 1 heterocycles. The van der Waals surface area contributed by atoms with Crippen LogP contribution in [0.5, 0.6) is 0 Å². The van der Waals surface area contributed by atoms with Crippen LogP contribution in [0.3, 0.4) is 0 Å². The highest BCUT2D eigenvalue weighted by Crippen LogP contribution is 2.38. The number of nitrogens with zero attached hydrogens (tertiary/aromatic N) is 1. The van der Waals surface area contributed by atoms with Crippen molar-refractivity contribution in [3.63, 3.8) is 0 Å². The van der Waals surface area contributed by atoms with Gasteiger partial charge in [-0.2, -0.15) is 0 Å². The lowest BCUT2D eigenvalue weighted by Gasteiger charge is -2.20. The van der Waals surface area contributed by atoms with E-state index in [0.29, 0.717) is 23.2 Å². The van der Waals surface area contributed by atoms with Crippen molar-refractivity contribution in [3.05, 3.63) is 127 Å². The van der Waals surface area contributed by atoms with Gasteiger partial charge in [0.25, 0.3) is 11.8 Å². The third-order valence-corrected chi connectivity index (χ3v) is 8.76. The average molecular weight is 569 g/mol. The van der Waals surface area contributed by atoms with Crippen LogP contribution in [0.1, 0.15) is 27.1 Å². The lowest BCUT2D eigenvalue weighted by Crippen LogP contribution is -2.25. The molecule has 0 bridgehead atoms. The molecule has 1 aliphatic rings. The van der Waals surface area contributed by atoms with E-state index in [1.54, 1.807) is 53.2 Å². The Bertz CT molecular complexity index is 1670. The third-order valence-electron chi connectivity index (χ3n) is 6.49. The highest BCUT2D eigenvalue weighted by molar-refractivity contribution is 8.00. The molecule has 0 aliphatic carbocycles. The van der Waals surface area contributed by atoms with Crippen LogP contribution in [-0.2, 0) is 9.84 Å². The van der Waals surface area contributed by atoms with Crippen LogP contribution in [-0.4, -0.2) is 37.5 Å². The molecule has 0 fully saturated rings. The van der Waals surface area contributed by atoms with E-state index in [4.69, 9.17) is 0 Å². The number of para-hydroxylation sites is 1. The zero-order chi connectivity index (χ0) is 28.1. The van der Waals surface area contributed by atoms with Gasteiger partial charge in [0.15, 0.2) is 0 Å². The van der Waals surface area contributed by atoms with E-state index in [9.17, 15) is 18.0 Å². The van der Waals surface area contributed by atoms with Gasteiger partial charge in [-0.3, -0.25) is 14.5 Å². The van der Waals surface area contributed by atoms with Gasteiger partial charge in [-0.05, 0) is 60.0 Å². The number of amides is 2. The van der Waals surface area contributed by atoms with Crippen LogP contribution in [0.25, 0.3) is 11.1 Å². The van der Waals surface area contributed by atoms with Crippen LogP contribution in [0.15, 0.2) is 120 Å². The van der Waals surface area contributed by atoms with E-state index in [0.717, 1.165) is 21.7 Å². The Balaban J connectivity index is 1.34. The summed E-state index contributed by atoms with van der Waals surface area (Å²) in [5, 5.41) is 2.86. The van der Waals surface area contributed by atoms with Gasteiger partial charge < -0.3 is 5.32 Å². The van der Waals surface area contributed by atoms with Crippen LogP contribution >= 0.6 is 11.8 Å². The van der Waals surface area contributed by atoms with Crippen molar-refractivity contribution in [3.8, 4) is 11.1 Å². The summed E-state index contributed by atoms with van der Waals surface area (Å²) >= 11 is 1.55. The summed E-state index contributed by atoms with van der Waals surface area (Å²) in [7, 11) is -3.09. The number of hydrogen-bond donors (Lipinski definition) is 1. The van der Waals surface area contributed by atoms with Gasteiger partial charge in [0.05, 0.1) is 11.4 Å². The van der Waals surface area contributed by atoms with Crippen LogP contribution in [0, 0.1) is 0 Å². The Hall–Kier alpha value is -4.14. The highest BCUT2D eigenvalue weighted by Gasteiger charge is 2.24. The summed E-state index contributed by atoms with van der Waals surface area (Å²) in [5.74, 6) is -0.380. The van der Waals surface area contributed by atoms with Gasteiger partial charge in [0, 0.05) is 39.4 Å². The molecule has 0 spiro atoms. The normalized spacial score (nSPS) is 14.7. The molecular formula is C32H28N2O4S2. The molecule has 2 amide bonds. The molecule has 6 nitrogen and oxygen atoms in total. The molecule has 0 saturated carbocycles. The number of carbonyl (C=O) groups is 2. The predicted octanol–water partition coefficient (Wildman–Crippen LogP) is 6.68. The fraction of sp³-hybridized carbons (Fsp3) is 0.125. The fourth-order valence-corrected chi connectivity index (χ4v) is 6.45. The predicted molar refractivity (Wildman–Crippen MR) is 163 cm³/mol. The number of nitrogens with one attached hydrogen (secondary N) is 1. The van der Waals surface area contributed by atoms with Crippen molar-refractivity contribution in [1.82, 2.24) is 0 Å². The van der Waals surface area contributed by atoms with Gasteiger partial charge in [0.2, 0.25) is 0 Å². The number of rotatable bonds is 7. The first-order valence-corrected chi connectivity index (χ1v) is 15.7. The van der Waals surface area contributed by atoms with Crippen molar-refractivity contribution >= 4 is 44.8 Å². The second kappa shape index (κ2) is 11.9. The van der Waals surface area contributed by atoms with Gasteiger partial charge >= 0.3 is 0 Å². The quantitative estimate of drug-likeness (QED) is 0.269. The van der Waals surface area contributed by atoms with Crippen LogP contribution in [0.2, 0.25) is 0 Å². The first kappa shape index (κ1) is 27.4. The maximum absolute atomic E-state index is 13.6. The van der Waals surface area contributed by atoms with Crippen molar-refractivity contribution < 1.29 is 18.0 Å². The first-order chi connectivity index (χ1) is 19.3. The first-order valence-electron chi connectivity index (χ1n) is 12.8. The molecule has 40 heavy (non-hydrogen) atoms. The van der Waals surface area contributed by atoms with Gasteiger partial charge in [-0.15, -0.1) is 11.8 Å².